The Hall–Kier alpha value is -1.50. The second-order valence-corrected chi connectivity index (χ2v) is 4.74. The Bertz CT molecular complexity index is 555. The van der Waals surface area contributed by atoms with Crippen LogP contribution in [0.4, 0.5) is 13.2 Å². The molecule has 1 aromatic heterocycles. The number of carbonyl (C=O) groups is 1. The zero-order valence-corrected chi connectivity index (χ0v) is 12.1. The molecule has 0 aromatic carbocycles. The molecule has 21 heavy (non-hydrogen) atoms. The van der Waals surface area contributed by atoms with Crippen LogP contribution in [0.1, 0.15) is 31.7 Å². The Labute approximate surface area is 124 Å². The Balaban J connectivity index is 2.69. The average molecular weight is 326 g/mol. The Morgan fingerprint density at radius 1 is 1.38 bits per heavy atom. The molecule has 0 atom stereocenters. The first kappa shape index (κ1) is 17.6. The third kappa shape index (κ3) is 5.41. The van der Waals surface area contributed by atoms with Crippen molar-refractivity contribution >= 4 is 17.6 Å². The van der Waals surface area contributed by atoms with E-state index < -0.39 is 22.3 Å². The standard InChI is InChI=1S/C13H15ClF3NO3/c1-2-21-11(19)5-3-4-6-18-8-9(13(15,16)17)7-10(14)12(18)20/h7-8H,2-6H2,1H3. The maximum atomic E-state index is 12.6. The van der Waals surface area contributed by atoms with Gasteiger partial charge in [-0.3, -0.25) is 9.59 Å². The second kappa shape index (κ2) is 7.49. The van der Waals surface area contributed by atoms with Gasteiger partial charge in [-0.25, -0.2) is 0 Å². The SMILES string of the molecule is CCOC(=O)CCCCn1cc(C(F)(F)F)cc(Cl)c1=O. The molecule has 0 fully saturated rings. The number of unbranched alkanes of at least 4 members (excludes halogenated alkanes) is 1. The molecule has 118 valence electrons. The number of ether oxygens (including phenoxy) is 1. The normalized spacial score (nSPS) is 11.5. The van der Waals surface area contributed by atoms with Crippen LogP contribution in [0.15, 0.2) is 17.1 Å². The lowest BCUT2D eigenvalue weighted by molar-refractivity contribution is -0.143. The van der Waals surface area contributed by atoms with Gasteiger partial charge in [-0.1, -0.05) is 11.6 Å². The molecule has 1 rings (SSSR count). The lowest BCUT2D eigenvalue weighted by atomic mass is 10.2. The van der Waals surface area contributed by atoms with E-state index in [4.69, 9.17) is 16.3 Å². The summed E-state index contributed by atoms with van der Waals surface area (Å²) in [7, 11) is 0. The second-order valence-electron chi connectivity index (χ2n) is 4.34. The largest absolute Gasteiger partial charge is 0.466 e. The number of halogens is 4. The third-order valence-electron chi connectivity index (χ3n) is 2.70. The number of carbonyl (C=O) groups excluding carboxylic acids is 1. The molecule has 8 heteroatoms. The van der Waals surface area contributed by atoms with E-state index in [0.717, 1.165) is 10.8 Å². The van der Waals surface area contributed by atoms with Crippen molar-refractivity contribution in [3.63, 3.8) is 0 Å². The van der Waals surface area contributed by atoms with Crippen molar-refractivity contribution in [2.24, 2.45) is 0 Å². The van der Waals surface area contributed by atoms with Crippen molar-refractivity contribution in [3.05, 3.63) is 33.2 Å². The Morgan fingerprint density at radius 3 is 2.62 bits per heavy atom. The fourth-order valence-corrected chi connectivity index (χ4v) is 1.93. The van der Waals surface area contributed by atoms with Crippen molar-refractivity contribution in [1.82, 2.24) is 4.57 Å². The molecule has 0 aliphatic heterocycles. The summed E-state index contributed by atoms with van der Waals surface area (Å²) in [6.07, 6.45) is -2.88. The summed E-state index contributed by atoms with van der Waals surface area (Å²) >= 11 is 5.52. The van der Waals surface area contributed by atoms with Crippen LogP contribution in [0, 0.1) is 0 Å². The number of hydrogen-bond donors (Lipinski definition) is 0. The summed E-state index contributed by atoms with van der Waals surface area (Å²) in [5.74, 6) is -0.369. The molecule has 0 aliphatic carbocycles. The van der Waals surface area contributed by atoms with E-state index in [-0.39, 0.29) is 25.5 Å². The smallest absolute Gasteiger partial charge is 0.417 e. The van der Waals surface area contributed by atoms with E-state index in [1.54, 1.807) is 6.92 Å². The lowest BCUT2D eigenvalue weighted by Gasteiger charge is -2.11. The van der Waals surface area contributed by atoms with Crippen LogP contribution < -0.4 is 5.56 Å². The Kier molecular flexibility index (Phi) is 6.26. The molecule has 0 radical (unpaired) electrons. The van der Waals surface area contributed by atoms with E-state index in [0.29, 0.717) is 18.9 Å². The molecule has 0 bridgehead atoms. The first-order valence-electron chi connectivity index (χ1n) is 6.38. The van der Waals surface area contributed by atoms with E-state index in [1.807, 2.05) is 0 Å². The summed E-state index contributed by atoms with van der Waals surface area (Å²) in [5, 5.41) is -0.477. The van der Waals surface area contributed by atoms with Crippen molar-refractivity contribution in [2.45, 2.75) is 38.9 Å². The molecule has 1 aromatic rings. The van der Waals surface area contributed by atoms with Gasteiger partial charge < -0.3 is 9.30 Å². The van der Waals surface area contributed by atoms with Crippen LogP contribution in [-0.2, 0) is 22.3 Å². The summed E-state index contributed by atoms with van der Waals surface area (Å²) in [4.78, 5) is 22.8. The van der Waals surface area contributed by atoms with Crippen molar-refractivity contribution < 1.29 is 22.7 Å². The van der Waals surface area contributed by atoms with Gasteiger partial charge in [-0.15, -0.1) is 0 Å². The molecule has 4 nitrogen and oxygen atoms in total. The molecular weight excluding hydrogens is 311 g/mol. The highest BCUT2D eigenvalue weighted by Crippen LogP contribution is 2.29. The maximum Gasteiger partial charge on any atom is 0.417 e. The summed E-state index contributed by atoms with van der Waals surface area (Å²) < 4.78 is 43.5. The van der Waals surface area contributed by atoms with Gasteiger partial charge in [0.2, 0.25) is 0 Å². The van der Waals surface area contributed by atoms with Crippen LogP contribution in [0.2, 0.25) is 5.02 Å². The molecule has 0 saturated carbocycles. The number of aromatic nitrogens is 1. The summed E-state index contributed by atoms with van der Waals surface area (Å²) in [5.41, 5.74) is -1.65. The highest BCUT2D eigenvalue weighted by molar-refractivity contribution is 6.30. The molecule has 0 aliphatic rings. The molecule has 1 heterocycles. The number of hydrogen-bond acceptors (Lipinski definition) is 3. The average Bonchev–Trinajstić information content (AvgIpc) is 2.38. The van der Waals surface area contributed by atoms with Crippen LogP contribution in [0.5, 0.6) is 0 Å². The number of esters is 1. The minimum absolute atomic E-state index is 0.0574. The van der Waals surface area contributed by atoms with Gasteiger partial charge in [-0.2, -0.15) is 13.2 Å². The molecule has 0 unspecified atom stereocenters. The van der Waals surface area contributed by atoms with Gasteiger partial charge in [0.25, 0.3) is 5.56 Å². The monoisotopic (exact) mass is 325 g/mol. The van der Waals surface area contributed by atoms with Gasteiger partial charge in [0.15, 0.2) is 0 Å². The summed E-state index contributed by atoms with van der Waals surface area (Å²) in [6, 6.07) is 0.610. The first-order valence-corrected chi connectivity index (χ1v) is 6.76. The van der Waals surface area contributed by atoms with Crippen molar-refractivity contribution in [1.29, 1.82) is 0 Å². The van der Waals surface area contributed by atoms with Crippen LogP contribution in [0.25, 0.3) is 0 Å². The number of alkyl halides is 3. The quantitative estimate of drug-likeness (QED) is 0.596. The number of aryl methyl sites for hydroxylation is 1. The van der Waals surface area contributed by atoms with Crippen molar-refractivity contribution in [2.75, 3.05) is 6.61 Å². The Morgan fingerprint density at radius 2 is 2.05 bits per heavy atom. The number of pyridine rings is 1. The topological polar surface area (TPSA) is 48.3 Å². The van der Waals surface area contributed by atoms with Crippen molar-refractivity contribution in [3.8, 4) is 0 Å². The van der Waals surface area contributed by atoms with Gasteiger partial charge >= 0.3 is 12.1 Å². The minimum Gasteiger partial charge on any atom is -0.466 e. The highest BCUT2D eigenvalue weighted by Gasteiger charge is 2.32. The van der Waals surface area contributed by atoms with E-state index in [2.05, 4.69) is 0 Å². The van der Waals surface area contributed by atoms with Gasteiger partial charge in [0, 0.05) is 19.2 Å². The van der Waals surface area contributed by atoms with Crippen LogP contribution in [-0.4, -0.2) is 17.1 Å². The molecule has 0 amide bonds. The first-order chi connectivity index (χ1) is 9.75. The zero-order chi connectivity index (χ0) is 16.0. The minimum atomic E-state index is -4.57. The molecule has 0 saturated heterocycles. The fraction of sp³-hybridized carbons (Fsp3) is 0.538. The molecule has 0 N–H and O–H groups in total. The number of rotatable bonds is 6. The number of nitrogens with zero attached hydrogens (tertiary/aromatic N) is 1. The molecular formula is C13H15ClF3NO3. The van der Waals surface area contributed by atoms with E-state index in [9.17, 15) is 22.8 Å². The van der Waals surface area contributed by atoms with E-state index >= 15 is 0 Å². The predicted octanol–water partition coefficient (Wildman–Crippen LogP) is 3.25. The third-order valence-corrected chi connectivity index (χ3v) is 2.98. The van der Waals surface area contributed by atoms with Gasteiger partial charge in [-0.05, 0) is 25.8 Å². The van der Waals surface area contributed by atoms with Gasteiger partial charge in [0.1, 0.15) is 5.02 Å². The lowest BCUT2D eigenvalue weighted by Crippen LogP contribution is -2.23. The van der Waals surface area contributed by atoms with Crippen LogP contribution >= 0.6 is 11.6 Å². The predicted molar refractivity (Wildman–Crippen MR) is 71.2 cm³/mol. The van der Waals surface area contributed by atoms with E-state index in [1.165, 1.54) is 0 Å². The van der Waals surface area contributed by atoms with Gasteiger partial charge in [0.05, 0.1) is 12.2 Å². The maximum absolute atomic E-state index is 12.6. The summed E-state index contributed by atoms with van der Waals surface area (Å²) in [6.45, 7) is 2.02. The molecule has 0 spiro atoms. The highest BCUT2D eigenvalue weighted by atomic mass is 35.5. The van der Waals surface area contributed by atoms with Crippen LogP contribution in [0.3, 0.4) is 0 Å². The zero-order valence-electron chi connectivity index (χ0n) is 11.4. The fourth-order valence-electron chi connectivity index (χ4n) is 1.70.